The lowest BCUT2D eigenvalue weighted by Crippen LogP contribution is -2.17. The molecule has 0 fully saturated rings. The summed E-state index contributed by atoms with van der Waals surface area (Å²) in [5.41, 5.74) is 2.64. The van der Waals surface area contributed by atoms with Crippen LogP contribution in [0, 0.1) is 6.92 Å². The molecule has 2 aromatic rings. The summed E-state index contributed by atoms with van der Waals surface area (Å²) in [6.45, 7) is 8.08. The Labute approximate surface area is 161 Å². The zero-order valence-electron chi connectivity index (χ0n) is 16.2. The maximum absolute atomic E-state index is 13.0. The molecule has 0 saturated carbocycles. The van der Waals surface area contributed by atoms with E-state index in [1.165, 1.54) is 18.3 Å². The highest BCUT2D eigenvalue weighted by molar-refractivity contribution is 7.96. The average molecular weight is 388 g/mol. The second-order valence-electron chi connectivity index (χ2n) is 7.29. The summed E-state index contributed by atoms with van der Waals surface area (Å²) >= 11 is 0. The molecule has 6 heteroatoms. The molecule has 0 aromatic heterocycles. The lowest BCUT2D eigenvalue weighted by Gasteiger charge is -2.19. The zero-order valence-corrected chi connectivity index (χ0v) is 17.1. The minimum atomic E-state index is -4.03. The quantitative estimate of drug-likeness (QED) is 0.615. The molecule has 0 aliphatic carbocycles. The molecule has 2 aromatic carbocycles. The predicted molar refractivity (Wildman–Crippen MR) is 107 cm³/mol. The third kappa shape index (κ3) is 4.98. The first kappa shape index (κ1) is 20.7. The Bertz CT molecular complexity index is 935. The maximum Gasteiger partial charge on any atom is 0.351 e. The van der Waals surface area contributed by atoms with E-state index in [1.807, 2.05) is 39.8 Å². The molecule has 2 rings (SSSR count). The second-order valence-corrected chi connectivity index (χ2v) is 9.21. The molecule has 0 radical (unpaired) electrons. The predicted octanol–water partition coefficient (Wildman–Crippen LogP) is 4.19. The van der Waals surface area contributed by atoms with Crippen molar-refractivity contribution < 1.29 is 17.9 Å². The highest BCUT2D eigenvalue weighted by Gasteiger charge is 2.28. The Morgan fingerprint density at radius 2 is 1.56 bits per heavy atom. The van der Waals surface area contributed by atoms with E-state index >= 15 is 0 Å². The van der Waals surface area contributed by atoms with Crippen molar-refractivity contribution in [3.05, 3.63) is 70.8 Å². The Balaban J connectivity index is 2.40. The van der Waals surface area contributed by atoms with Gasteiger partial charge >= 0.3 is 5.97 Å². The van der Waals surface area contributed by atoms with Gasteiger partial charge in [-0.3, -0.25) is 0 Å². The SMILES string of the molecule is COC(=O)/C(=C\Nc1ccc(C)cc1)S(=O)(=O)c1ccc(C(C)(C)C)cc1. The van der Waals surface area contributed by atoms with Gasteiger partial charge in [0, 0.05) is 11.9 Å². The number of sulfone groups is 1. The third-order valence-corrected chi connectivity index (χ3v) is 5.88. The van der Waals surface area contributed by atoms with Gasteiger partial charge in [-0.05, 0) is 42.2 Å². The van der Waals surface area contributed by atoms with Gasteiger partial charge in [0.2, 0.25) is 9.84 Å². The van der Waals surface area contributed by atoms with Gasteiger partial charge in [-0.1, -0.05) is 50.6 Å². The van der Waals surface area contributed by atoms with Gasteiger partial charge in [-0.2, -0.15) is 0 Å². The smallest absolute Gasteiger partial charge is 0.351 e. The van der Waals surface area contributed by atoms with Crippen LogP contribution in [0.15, 0.2) is 64.5 Å². The highest BCUT2D eigenvalue weighted by atomic mass is 32.2. The minimum absolute atomic E-state index is 0.0397. The van der Waals surface area contributed by atoms with E-state index in [9.17, 15) is 13.2 Å². The normalized spacial score (nSPS) is 12.6. The number of anilines is 1. The van der Waals surface area contributed by atoms with Crippen molar-refractivity contribution in [2.24, 2.45) is 0 Å². The topological polar surface area (TPSA) is 72.5 Å². The van der Waals surface area contributed by atoms with E-state index in [4.69, 9.17) is 0 Å². The molecule has 0 spiro atoms. The number of nitrogens with one attached hydrogen (secondary N) is 1. The van der Waals surface area contributed by atoms with Gasteiger partial charge in [0.05, 0.1) is 12.0 Å². The summed E-state index contributed by atoms with van der Waals surface area (Å²) in [6.07, 6.45) is 1.17. The molecule has 1 N–H and O–H groups in total. The molecule has 0 atom stereocenters. The van der Waals surface area contributed by atoms with Crippen molar-refractivity contribution in [1.29, 1.82) is 0 Å². The number of ether oxygens (including phenoxy) is 1. The molecule has 0 unspecified atom stereocenters. The van der Waals surface area contributed by atoms with Gasteiger partial charge in [0.15, 0.2) is 4.91 Å². The Hall–Kier alpha value is -2.60. The van der Waals surface area contributed by atoms with Crippen LogP contribution < -0.4 is 5.32 Å². The van der Waals surface area contributed by atoms with Gasteiger partial charge in [0.25, 0.3) is 0 Å². The van der Waals surface area contributed by atoms with Crippen molar-refractivity contribution in [3.63, 3.8) is 0 Å². The fourth-order valence-electron chi connectivity index (χ4n) is 2.41. The van der Waals surface area contributed by atoms with Gasteiger partial charge in [0.1, 0.15) is 0 Å². The zero-order chi connectivity index (χ0) is 20.2. The van der Waals surface area contributed by atoms with E-state index < -0.39 is 20.7 Å². The van der Waals surface area contributed by atoms with Crippen LogP contribution in [0.1, 0.15) is 31.9 Å². The summed E-state index contributed by atoms with van der Waals surface area (Å²) in [7, 11) is -2.88. The van der Waals surface area contributed by atoms with Gasteiger partial charge in [-0.25, -0.2) is 13.2 Å². The van der Waals surface area contributed by atoms with Crippen LogP contribution >= 0.6 is 0 Å². The van der Waals surface area contributed by atoms with E-state index in [0.717, 1.165) is 18.2 Å². The van der Waals surface area contributed by atoms with Crippen LogP contribution in [0.4, 0.5) is 5.69 Å². The molecule has 0 amide bonds. The molecule has 0 heterocycles. The monoisotopic (exact) mass is 387 g/mol. The van der Waals surface area contributed by atoms with Crippen LogP contribution in [0.5, 0.6) is 0 Å². The van der Waals surface area contributed by atoms with Crippen molar-refractivity contribution in [2.45, 2.75) is 38.0 Å². The number of rotatable bonds is 5. The number of methoxy groups -OCH3 is 1. The van der Waals surface area contributed by atoms with Crippen LogP contribution in [0.2, 0.25) is 0 Å². The fraction of sp³-hybridized carbons (Fsp3) is 0.286. The molecular weight excluding hydrogens is 362 g/mol. The van der Waals surface area contributed by atoms with Crippen LogP contribution in [0.25, 0.3) is 0 Å². The molecule has 144 valence electrons. The number of aryl methyl sites for hydroxylation is 1. The lowest BCUT2D eigenvalue weighted by molar-refractivity contribution is -0.135. The van der Waals surface area contributed by atoms with E-state index in [0.29, 0.717) is 5.69 Å². The lowest BCUT2D eigenvalue weighted by atomic mass is 9.87. The van der Waals surface area contributed by atoms with E-state index in [2.05, 4.69) is 10.1 Å². The van der Waals surface area contributed by atoms with E-state index in [-0.39, 0.29) is 10.3 Å². The van der Waals surface area contributed by atoms with E-state index in [1.54, 1.807) is 24.3 Å². The van der Waals surface area contributed by atoms with Gasteiger partial charge < -0.3 is 10.1 Å². The Morgan fingerprint density at radius 3 is 2.04 bits per heavy atom. The van der Waals surface area contributed by atoms with Crippen LogP contribution in [-0.2, 0) is 24.8 Å². The molecular formula is C21H25NO4S. The summed E-state index contributed by atoms with van der Waals surface area (Å²) in [6, 6.07) is 13.9. The highest BCUT2D eigenvalue weighted by Crippen LogP contribution is 2.26. The summed E-state index contributed by atoms with van der Waals surface area (Å²) in [5, 5.41) is 2.86. The standard InChI is InChI=1S/C21H25NO4S/c1-15-6-10-17(11-7-15)22-14-19(20(23)26-5)27(24,25)18-12-8-16(9-13-18)21(2,3)4/h6-14,22H,1-5H3/b19-14+. The number of hydrogen-bond donors (Lipinski definition) is 1. The first-order valence-corrected chi connectivity index (χ1v) is 10.0. The van der Waals surface area contributed by atoms with Gasteiger partial charge in [-0.15, -0.1) is 0 Å². The van der Waals surface area contributed by atoms with Crippen molar-refractivity contribution in [3.8, 4) is 0 Å². The van der Waals surface area contributed by atoms with Crippen molar-refractivity contribution in [2.75, 3.05) is 12.4 Å². The van der Waals surface area contributed by atoms with Crippen molar-refractivity contribution in [1.82, 2.24) is 0 Å². The second kappa shape index (κ2) is 7.96. The minimum Gasteiger partial charge on any atom is -0.465 e. The largest absolute Gasteiger partial charge is 0.465 e. The summed E-state index contributed by atoms with van der Waals surface area (Å²) in [5.74, 6) is -0.922. The number of esters is 1. The summed E-state index contributed by atoms with van der Waals surface area (Å²) < 4.78 is 30.6. The molecule has 0 aliphatic heterocycles. The molecule has 5 nitrogen and oxygen atoms in total. The number of carbonyl (C=O) groups is 1. The first-order chi connectivity index (χ1) is 12.6. The van der Waals surface area contributed by atoms with Crippen LogP contribution in [-0.4, -0.2) is 21.5 Å². The third-order valence-electron chi connectivity index (χ3n) is 4.13. The first-order valence-electron chi connectivity index (χ1n) is 8.53. The Kier molecular flexibility index (Phi) is 6.11. The number of carbonyl (C=O) groups excluding carboxylic acids is 1. The summed E-state index contributed by atoms with van der Waals surface area (Å²) in [4.78, 5) is 11.7. The molecule has 27 heavy (non-hydrogen) atoms. The molecule has 0 saturated heterocycles. The fourth-order valence-corrected chi connectivity index (χ4v) is 3.67. The Morgan fingerprint density at radius 1 is 1.00 bits per heavy atom. The number of hydrogen-bond acceptors (Lipinski definition) is 5. The average Bonchev–Trinajstić information content (AvgIpc) is 2.62. The van der Waals surface area contributed by atoms with Crippen molar-refractivity contribution >= 4 is 21.5 Å². The van der Waals surface area contributed by atoms with Crippen LogP contribution in [0.3, 0.4) is 0 Å². The molecule has 0 bridgehead atoms. The number of benzene rings is 2. The maximum atomic E-state index is 13.0. The molecule has 0 aliphatic rings.